The number of imidazole rings is 1. The van der Waals surface area contributed by atoms with Crippen LogP contribution >= 0.6 is 11.3 Å². The van der Waals surface area contributed by atoms with Gasteiger partial charge in [0.1, 0.15) is 17.1 Å². The van der Waals surface area contributed by atoms with E-state index in [0.717, 1.165) is 18.6 Å². The smallest absolute Gasteiger partial charge is 0.260 e. The average Bonchev–Trinajstić information content (AvgIpc) is 3.48. The number of halogens is 1. The molecule has 1 amide bonds. The second-order valence-electron chi connectivity index (χ2n) is 7.42. The maximum atomic E-state index is 14.2. The van der Waals surface area contributed by atoms with Crippen LogP contribution < -0.4 is 9.64 Å². The Hall–Kier alpha value is -3.26. The zero-order valence-electron chi connectivity index (χ0n) is 17.9. The molecule has 4 aromatic rings. The maximum Gasteiger partial charge on any atom is 0.260 e. The van der Waals surface area contributed by atoms with Gasteiger partial charge in [0, 0.05) is 31.0 Å². The van der Waals surface area contributed by atoms with Crippen LogP contribution in [0.3, 0.4) is 0 Å². The number of aryl methyl sites for hydroxylation is 1. The van der Waals surface area contributed by atoms with Crippen LogP contribution in [0.2, 0.25) is 0 Å². The number of thiazole rings is 1. The van der Waals surface area contributed by atoms with Crippen molar-refractivity contribution in [1.82, 2.24) is 14.5 Å². The van der Waals surface area contributed by atoms with Crippen molar-refractivity contribution < 1.29 is 13.9 Å². The minimum Gasteiger partial charge on any atom is -0.494 e. The molecular weight excluding hydrogens is 427 g/mol. The quantitative estimate of drug-likeness (QED) is 0.296. The highest BCUT2D eigenvalue weighted by atomic mass is 32.1. The number of hydrogen-bond donors (Lipinski definition) is 0. The summed E-state index contributed by atoms with van der Waals surface area (Å²) in [6.07, 6.45) is 8.11. The van der Waals surface area contributed by atoms with Crippen molar-refractivity contribution >= 4 is 32.6 Å². The van der Waals surface area contributed by atoms with Gasteiger partial charge in [-0.3, -0.25) is 9.69 Å². The molecule has 0 N–H and O–H groups in total. The molecule has 0 saturated heterocycles. The van der Waals surface area contributed by atoms with Crippen LogP contribution in [-0.4, -0.2) is 33.6 Å². The molecule has 166 valence electrons. The Balaban J connectivity index is 1.55. The van der Waals surface area contributed by atoms with Gasteiger partial charge in [-0.05, 0) is 49.2 Å². The Kier molecular flexibility index (Phi) is 7.11. The first kappa shape index (κ1) is 22.0. The number of amides is 1. The number of carbonyl (C=O) groups is 1. The summed E-state index contributed by atoms with van der Waals surface area (Å²) < 4.78 is 22.6. The number of benzene rings is 2. The second kappa shape index (κ2) is 10.4. The minimum atomic E-state index is -0.385. The number of aromatic nitrogens is 3. The number of nitrogens with zero attached hydrogens (tertiary/aromatic N) is 4. The van der Waals surface area contributed by atoms with E-state index >= 15 is 0 Å². The molecule has 0 aliphatic carbocycles. The molecule has 2 heterocycles. The van der Waals surface area contributed by atoms with Crippen LogP contribution in [0.25, 0.3) is 10.2 Å². The van der Waals surface area contributed by atoms with Gasteiger partial charge in [0.05, 0.1) is 17.6 Å². The molecule has 0 aliphatic heterocycles. The van der Waals surface area contributed by atoms with E-state index in [1.165, 1.54) is 17.4 Å². The number of ether oxygens (including phenoxy) is 1. The van der Waals surface area contributed by atoms with E-state index in [-0.39, 0.29) is 11.7 Å². The molecule has 2 aromatic heterocycles. The standard InChI is InChI=1S/C24H25FN4O2S/c1-2-3-16-31-19-10-8-18(9-11-19)23(30)29(14-5-13-28-15-12-26-17-28)24-27-22-20(25)6-4-7-21(22)32-24/h4,6-12,15,17H,2-3,5,13-14,16H2,1H3. The van der Waals surface area contributed by atoms with E-state index in [9.17, 15) is 9.18 Å². The Labute approximate surface area is 190 Å². The van der Waals surface area contributed by atoms with Gasteiger partial charge in [0.25, 0.3) is 5.91 Å². The fraction of sp³-hybridized carbons (Fsp3) is 0.292. The summed E-state index contributed by atoms with van der Waals surface area (Å²) in [7, 11) is 0. The summed E-state index contributed by atoms with van der Waals surface area (Å²) in [5.41, 5.74) is 0.829. The monoisotopic (exact) mass is 452 g/mol. The minimum absolute atomic E-state index is 0.171. The van der Waals surface area contributed by atoms with E-state index in [2.05, 4.69) is 16.9 Å². The molecule has 0 aliphatic rings. The highest BCUT2D eigenvalue weighted by Gasteiger charge is 2.22. The summed E-state index contributed by atoms with van der Waals surface area (Å²) >= 11 is 1.32. The third kappa shape index (κ3) is 5.13. The molecular formula is C24H25FN4O2S. The number of fused-ring (bicyclic) bond motifs is 1. The largest absolute Gasteiger partial charge is 0.494 e. The van der Waals surface area contributed by atoms with Crippen LogP contribution in [0.4, 0.5) is 9.52 Å². The zero-order chi connectivity index (χ0) is 22.3. The molecule has 32 heavy (non-hydrogen) atoms. The van der Waals surface area contributed by atoms with E-state index < -0.39 is 0 Å². The van der Waals surface area contributed by atoms with Crippen LogP contribution in [-0.2, 0) is 6.54 Å². The lowest BCUT2D eigenvalue weighted by molar-refractivity contribution is 0.0986. The molecule has 0 radical (unpaired) electrons. The van der Waals surface area contributed by atoms with Gasteiger partial charge < -0.3 is 9.30 Å². The van der Waals surface area contributed by atoms with E-state index in [4.69, 9.17) is 4.74 Å². The van der Waals surface area contributed by atoms with Gasteiger partial charge in [0.2, 0.25) is 0 Å². The fourth-order valence-electron chi connectivity index (χ4n) is 3.32. The molecule has 6 nitrogen and oxygen atoms in total. The zero-order valence-corrected chi connectivity index (χ0v) is 18.7. The summed E-state index contributed by atoms with van der Waals surface area (Å²) in [6.45, 7) is 3.93. The van der Waals surface area contributed by atoms with Crippen LogP contribution in [0, 0.1) is 5.82 Å². The molecule has 0 atom stereocenters. The third-order valence-corrected chi connectivity index (χ3v) is 6.10. The molecule has 2 aromatic carbocycles. The van der Waals surface area contributed by atoms with Crippen molar-refractivity contribution in [2.24, 2.45) is 0 Å². The number of hydrogen-bond acceptors (Lipinski definition) is 5. The lowest BCUT2D eigenvalue weighted by Crippen LogP contribution is -2.32. The molecule has 0 fully saturated rings. The van der Waals surface area contributed by atoms with Gasteiger partial charge >= 0.3 is 0 Å². The van der Waals surface area contributed by atoms with Crippen molar-refractivity contribution in [2.45, 2.75) is 32.7 Å². The Morgan fingerprint density at radius 1 is 1.19 bits per heavy atom. The summed E-state index contributed by atoms with van der Waals surface area (Å²) in [5, 5.41) is 0.490. The molecule has 0 unspecified atom stereocenters. The summed E-state index contributed by atoms with van der Waals surface area (Å²) in [5.74, 6) is 0.184. The van der Waals surface area contributed by atoms with Gasteiger partial charge in [0.15, 0.2) is 5.13 Å². The van der Waals surface area contributed by atoms with Gasteiger partial charge in [-0.15, -0.1) is 0 Å². The summed E-state index contributed by atoms with van der Waals surface area (Å²) in [4.78, 5) is 23.5. The lowest BCUT2D eigenvalue weighted by Gasteiger charge is -2.20. The number of carbonyl (C=O) groups excluding carboxylic acids is 1. The number of anilines is 1. The highest BCUT2D eigenvalue weighted by Crippen LogP contribution is 2.31. The Morgan fingerprint density at radius 3 is 2.75 bits per heavy atom. The van der Waals surface area contributed by atoms with Crippen LogP contribution in [0.15, 0.2) is 61.2 Å². The SMILES string of the molecule is CCCCOc1ccc(C(=O)N(CCCn2ccnc2)c2nc3c(F)cccc3s2)cc1. The first-order valence-corrected chi connectivity index (χ1v) is 11.5. The second-order valence-corrected chi connectivity index (χ2v) is 8.43. The van der Waals surface area contributed by atoms with E-state index in [1.807, 2.05) is 29.0 Å². The normalized spacial score (nSPS) is 11.1. The summed E-state index contributed by atoms with van der Waals surface area (Å²) in [6, 6.07) is 12.0. The van der Waals surface area contributed by atoms with Crippen LogP contribution in [0.5, 0.6) is 5.75 Å². The predicted octanol–water partition coefficient (Wildman–Crippen LogP) is 5.55. The number of unbranched alkanes of at least 4 members (excludes halogenated alkanes) is 1. The van der Waals surface area contributed by atoms with E-state index in [0.29, 0.717) is 47.0 Å². The highest BCUT2D eigenvalue weighted by molar-refractivity contribution is 7.22. The molecule has 0 bridgehead atoms. The first-order valence-electron chi connectivity index (χ1n) is 10.7. The Bertz CT molecular complexity index is 1160. The molecule has 4 rings (SSSR count). The van der Waals surface area contributed by atoms with Crippen molar-refractivity contribution in [1.29, 1.82) is 0 Å². The maximum absolute atomic E-state index is 14.2. The average molecular weight is 453 g/mol. The number of rotatable bonds is 10. The molecule has 8 heteroatoms. The van der Waals surface area contributed by atoms with Crippen molar-refractivity contribution in [3.05, 3.63) is 72.6 Å². The lowest BCUT2D eigenvalue weighted by atomic mass is 10.2. The van der Waals surface area contributed by atoms with Crippen molar-refractivity contribution in [2.75, 3.05) is 18.1 Å². The molecule has 0 saturated carbocycles. The van der Waals surface area contributed by atoms with Crippen molar-refractivity contribution in [3.8, 4) is 5.75 Å². The number of para-hydroxylation sites is 1. The van der Waals surface area contributed by atoms with Gasteiger partial charge in [-0.2, -0.15) is 0 Å². The first-order chi connectivity index (χ1) is 15.7. The topological polar surface area (TPSA) is 60.2 Å². The third-order valence-electron chi connectivity index (χ3n) is 5.06. The van der Waals surface area contributed by atoms with Gasteiger partial charge in [-0.1, -0.05) is 30.7 Å². The van der Waals surface area contributed by atoms with Crippen LogP contribution in [0.1, 0.15) is 36.5 Å². The fourth-order valence-corrected chi connectivity index (χ4v) is 4.32. The molecule has 0 spiro atoms. The van der Waals surface area contributed by atoms with E-state index in [1.54, 1.807) is 35.6 Å². The van der Waals surface area contributed by atoms with Crippen molar-refractivity contribution in [3.63, 3.8) is 0 Å². The van der Waals surface area contributed by atoms with Gasteiger partial charge in [-0.25, -0.2) is 14.4 Å². The Morgan fingerprint density at radius 2 is 2.03 bits per heavy atom. The predicted molar refractivity (Wildman–Crippen MR) is 125 cm³/mol.